The number of nitrogens with one attached hydrogen (secondary N) is 5. The summed E-state index contributed by atoms with van der Waals surface area (Å²) in [6, 6.07) is 20.1. The highest BCUT2D eigenvalue weighted by atomic mass is 32.2. The number of unbranched alkanes of at least 4 members (excludes halogenated alkanes) is 2. The topological polar surface area (TPSA) is 386 Å². The lowest BCUT2D eigenvalue weighted by Gasteiger charge is -2.58. The number of carboxylic acids is 1. The van der Waals surface area contributed by atoms with Gasteiger partial charge in [-0.2, -0.15) is 13.5 Å². The van der Waals surface area contributed by atoms with Crippen molar-refractivity contribution in [2.45, 2.75) is 168 Å². The van der Waals surface area contributed by atoms with E-state index in [0.717, 1.165) is 84.2 Å². The molecular formula is C74H93N13O15S2. The van der Waals surface area contributed by atoms with Crippen LogP contribution in [0, 0.1) is 23.7 Å². The van der Waals surface area contributed by atoms with E-state index in [1.54, 1.807) is 61.3 Å². The molecule has 28 nitrogen and oxygen atoms in total. The lowest BCUT2D eigenvalue weighted by atomic mass is 9.51. The Labute approximate surface area is 608 Å². The van der Waals surface area contributed by atoms with Gasteiger partial charge in [0.2, 0.25) is 17.7 Å². The molecule has 2 aliphatic carbocycles. The Kier molecular flexibility index (Phi) is 25.1. The summed E-state index contributed by atoms with van der Waals surface area (Å²) in [7, 11) is -4.52. The number of urea groups is 2. The monoisotopic (exact) mass is 1470 g/mol. The van der Waals surface area contributed by atoms with Gasteiger partial charge in [-0.05, 0) is 161 Å². The number of ether oxygens (including phenoxy) is 2. The van der Waals surface area contributed by atoms with Crippen LogP contribution in [0.4, 0.5) is 30.9 Å². The largest absolute Gasteiger partial charge is 0.476 e. The Morgan fingerprint density at radius 2 is 1.62 bits per heavy atom. The van der Waals surface area contributed by atoms with Crippen LogP contribution in [-0.4, -0.2) is 164 Å². The molecule has 10 rings (SSSR count). The Bertz CT molecular complexity index is 4280. The molecule has 2 fully saturated rings. The first-order valence-corrected chi connectivity index (χ1v) is 38.0. The van der Waals surface area contributed by atoms with Crippen molar-refractivity contribution >= 4 is 102 Å². The molecule has 3 aromatic carbocycles. The molecule has 4 aliphatic rings. The fourth-order valence-electron chi connectivity index (χ4n) is 15.3. The summed E-state index contributed by atoms with van der Waals surface area (Å²) in [4.78, 5) is 130. The molecule has 0 spiro atoms. The van der Waals surface area contributed by atoms with Crippen LogP contribution in [0.3, 0.4) is 0 Å². The molecular weight excluding hydrogens is 1380 g/mol. The Hall–Kier alpha value is -9.65. The number of anilines is 3. The number of carboxylic acid groups (broad SMARTS) is 1. The van der Waals surface area contributed by atoms with Crippen LogP contribution >= 0.6 is 11.3 Å². The van der Waals surface area contributed by atoms with Gasteiger partial charge in [0.25, 0.3) is 21.9 Å². The van der Waals surface area contributed by atoms with Gasteiger partial charge in [0.15, 0.2) is 10.8 Å². The van der Waals surface area contributed by atoms with Crippen LogP contribution < -0.4 is 37.2 Å². The summed E-state index contributed by atoms with van der Waals surface area (Å²) in [5, 5.41) is 29.9. The van der Waals surface area contributed by atoms with E-state index in [0.29, 0.717) is 83.2 Å². The SMILES string of the molecule is CCCC1(C)CC2(Cn3ncc(-c4ccc(-c5ccc6c(c5)N(C(=O)Nc5nc7ccccc7s5)CCC6)nc4C(=O)O)c3C)CCCC(OCCN(CCS(=O)(=O)O)C(=O)OCc3ccc(NC(=O)[C@H](CCCNC(N)=O)NC(=O)[C@@H](NC(=O)CCCCCN4C(=O)C=CC4=O)C(C)C)cc3)(C1)C2. The van der Waals surface area contributed by atoms with Crippen molar-refractivity contribution in [3.05, 3.63) is 120 Å². The van der Waals surface area contributed by atoms with E-state index in [-0.39, 0.29) is 92.4 Å². The van der Waals surface area contributed by atoms with Crippen molar-refractivity contribution < 1.29 is 70.7 Å². The third-order valence-electron chi connectivity index (χ3n) is 20.0. The first-order chi connectivity index (χ1) is 49.6. The number of para-hydroxylation sites is 1. The van der Waals surface area contributed by atoms with Crippen LogP contribution in [0.1, 0.15) is 151 Å². The van der Waals surface area contributed by atoms with Crippen LogP contribution in [0.25, 0.3) is 32.6 Å². The summed E-state index contributed by atoms with van der Waals surface area (Å²) in [5.74, 6) is -4.72. The van der Waals surface area contributed by atoms with Crippen molar-refractivity contribution in [1.29, 1.82) is 0 Å². The maximum Gasteiger partial charge on any atom is 0.410 e. The number of thiazole rings is 1. The predicted molar refractivity (Wildman–Crippen MR) is 392 cm³/mol. The number of rotatable bonds is 33. The fraction of sp³-hybridized carbons (Fsp3) is 0.486. The van der Waals surface area contributed by atoms with E-state index < -0.39 is 75.9 Å². The molecule has 2 saturated carbocycles. The van der Waals surface area contributed by atoms with Gasteiger partial charge in [0.05, 0.1) is 40.1 Å². The van der Waals surface area contributed by atoms with Gasteiger partial charge in [-0.1, -0.05) is 88.3 Å². The Morgan fingerprint density at radius 3 is 2.34 bits per heavy atom. The van der Waals surface area contributed by atoms with Crippen molar-refractivity contribution in [3.63, 3.8) is 0 Å². The molecule has 9 N–H and O–H groups in total. The lowest BCUT2D eigenvalue weighted by molar-refractivity contribution is -0.174. The molecule has 0 radical (unpaired) electrons. The molecule has 2 aliphatic heterocycles. The minimum atomic E-state index is -4.52. The summed E-state index contributed by atoms with van der Waals surface area (Å²) < 4.78 is 49.8. The number of fused-ring (bicyclic) bond motifs is 4. The van der Waals surface area contributed by atoms with Crippen LogP contribution in [0.15, 0.2) is 97.2 Å². The van der Waals surface area contributed by atoms with Gasteiger partial charge in [0.1, 0.15) is 18.7 Å². The van der Waals surface area contributed by atoms with Gasteiger partial charge >= 0.3 is 24.1 Å². The number of hydrogen-bond donors (Lipinski definition) is 8. The van der Waals surface area contributed by atoms with E-state index in [4.69, 9.17) is 25.3 Å². The number of carbonyl (C=O) groups is 9. The maximum atomic E-state index is 13.9. The molecule has 0 saturated heterocycles. The summed E-state index contributed by atoms with van der Waals surface area (Å²) >= 11 is 1.40. The predicted octanol–water partition coefficient (Wildman–Crippen LogP) is 10.2. The van der Waals surface area contributed by atoms with E-state index in [1.165, 1.54) is 28.4 Å². The number of nitrogens with two attached hydrogens (primary N) is 1. The molecule has 104 heavy (non-hydrogen) atoms. The van der Waals surface area contributed by atoms with Gasteiger partial charge in [-0.25, -0.2) is 29.1 Å². The summed E-state index contributed by atoms with van der Waals surface area (Å²) in [6.07, 6.45) is 13.3. The summed E-state index contributed by atoms with van der Waals surface area (Å²) in [6.45, 7) is 10.5. The first-order valence-electron chi connectivity index (χ1n) is 35.5. The molecule has 556 valence electrons. The number of amides is 10. The maximum absolute atomic E-state index is 13.9. The molecule has 5 atom stereocenters. The van der Waals surface area contributed by atoms with Gasteiger partial charge in [-0.15, -0.1) is 0 Å². The van der Waals surface area contributed by atoms with Gasteiger partial charge in [-0.3, -0.25) is 48.3 Å². The average molecular weight is 1470 g/mol. The van der Waals surface area contributed by atoms with Crippen LogP contribution in [-0.2, 0) is 63.1 Å². The number of pyridine rings is 1. The number of benzene rings is 3. The number of aromatic carboxylic acids is 1. The number of hydrogen-bond acceptors (Lipinski definition) is 17. The minimum Gasteiger partial charge on any atom is -0.476 e. The number of primary amides is 1. The Balaban J connectivity index is 0.758. The number of nitrogens with zero attached hydrogens (tertiary/aromatic N) is 7. The number of aryl methyl sites for hydroxylation is 1. The standard InChI is InChI=1S/C74H93N13O15S2/c1-6-30-72(5)43-73(46-87-48(4)54(41-77-87)53-26-27-55(79-64(53)67(93)94)51-23-22-50-15-13-35-85(58(50)40-51)70(96)83-69-81-56-16-9-10-18-59(56)103-69)31-14-32-74(44-72,45-73)102-38-36-84(37-39-104(98,99)100)71(97)101-42-49-20-24-52(25-21-49)78-65(91)57(17-12-33-76-68(75)95)80-66(92)63(47(2)3)82-60(88)19-8-7-11-34-86-61(89)28-29-62(86)90/h9-10,16,18,20-29,40-41,47,57,63H,6-8,11-15,17,19,30-39,42-46H2,1-5H3,(H,78,91)(H,80,92)(H,82,88)(H,93,94)(H3,75,76,95)(H,81,83,96)(H,98,99,100)/t57-,63-,72?,73?,74?/m0/s1. The molecule has 3 aromatic heterocycles. The van der Waals surface area contributed by atoms with Crippen molar-refractivity contribution in [2.75, 3.05) is 60.6 Å². The zero-order chi connectivity index (χ0) is 74.5. The fourth-order valence-corrected chi connectivity index (χ4v) is 16.6. The second-order valence-corrected chi connectivity index (χ2v) is 31.1. The van der Waals surface area contributed by atoms with E-state index in [9.17, 15) is 61.2 Å². The quantitative estimate of drug-likeness (QED) is 0.0108. The van der Waals surface area contributed by atoms with Crippen LogP contribution in [0.5, 0.6) is 0 Å². The molecule has 5 heterocycles. The highest BCUT2D eigenvalue weighted by Gasteiger charge is 2.56. The summed E-state index contributed by atoms with van der Waals surface area (Å²) in [5.41, 5.74) is 10.2. The van der Waals surface area contributed by atoms with E-state index in [1.807, 2.05) is 54.1 Å². The second kappa shape index (κ2) is 33.9. The third-order valence-corrected chi connectivity index (χ3v) is 21.6. The first kappa shape index (κ1) is 77.0. The lowest BCUT2D eigenvalue weighted by Crippen LogP contribution is -2.55. The molecule has 30 heteroatoms. The molecule has 2 bridgehead atoms. The zero-order valence-electron chi connectivity index (χ0n) is 59.4. The highest BCUT2D eigenvalue weighted by molar-refractivity contribution is 7.85. The van der Waals surface area contributed by atoms with E-state index >= 15 is 0 Å². The normalized spacial score (nSPS) is 19.1. The zero-order valence-corrected chi connectivity index (χ0v) is 61.0. The van der Waals surface area contributed by atoms with Crippen molar-refractivity contribution in [2.24, 2.45) is 22.5 Å². The van der Waals surface area contributed by atoms with E-state index in [2.05, 4.69) is 45.4 Å². The van der Waals surface area contributed by atoms with Crippen molar-refractivity contribution in [1.82, 2.24) is 45.5 Å². The molecule has 3 unspecified atom stereocenters. The average Bonchev–Trinajstić information content (AvgIpc) is 1.04. The highest BCUT2D eigenvalue weighted by Crippen LogP contribution is 2.61. The molecule has 6 aromatic rings. The third kappa shape index (κ3) is 19.8. The van der Waals surface area contributed by atoms with Gasteiger partial charge in [0, 0.05) is 91.6 Å². The number of aromatic nitrogens is 4. The number of carbonyl (C=O) groups excluding carboxylic acids is 8. The van der Waals surface area contributed by atoms with Crippen LogP contribution in [0.2, 0.25) is 0 Å². The van der Waals surface area contributed by atoms with Crippen molar-refractivity contribution in [3.8, 4) is 22.4 Å². The minimum absolute atomic E-state index is 0.0216. The number of imide groups is 1. The second-order valence-electron chi connectivity index (χ2n) is 28.5. The van der Waals surface area contributed by atoms with Gasteiger partial charge < -0.3 is 46.5 Å². The smallest absolute Gasteiger partial charge is 0.410 e. The Morgan fingerprint density at radius 1 is 0.846 bits per heavy atom. The molecule has 10 amide bonds.